The molecule has 3 atom stereocenters. The molecule has 11 heteroatoms. The van der Waals surface area contributed by atoms with Gasteiger partial charge in [-0.3, -0.25) is 9.59 Å². The molecule has 9 nitrogen and oxygen atoms in total. The predicted octanol–water partition coefficient (Wildman–Crippen LogP) is 4.50. The Morgan fingerprint density at radius 1 is 1.05 bits per heavy atom. The van der Waals surface area contributed by atoms with E-state index in [1.807, 2.05) is 18.2 Å². The highest BCUT2D eigenvalue weighted by atomic mass is 19.1. The molecule has 44 heavy (non-hydrogen) atoms. The molecule has 1 saturated heterocycles. The van der Waals surface area contributed by atoms with Gasteiger partial charge in [-0.15, -0.1) is 0 Å². The first-order valence-corrected chi connectivity index (χ1v) is 14.8. The number of carbonyl (C=O) groups excluding carboxylic acids is 2. The second-order valence-electron chi connectivity index (χ2n) is 11.8. The molecule has 5 rings (SSSR count). The molecule has 1 fully saturated rings. The lowest BCUT2D eigenvalue weighted by atomic mass is 9.69. The van der Waals surface area contributed by atoms with Crippen molar-refractivity contribution in [2.75, 3.05) is 32.2 Å². The van der Waals surface area contributed by atoms with Gasteiger partial charge in [0.2, 0.25) is 5.91 Å². The molecule has 234 valence electrons. The Hall–Kier alpha value is -4.41. The van der Waals surface area contributed by atoms with Gasteiger partial charge < -0.3 is 29.6 Å². The highest BCUT2D eigenvalue weighted by Gasteiger charge is 2.45. The van der Waals surface area contributed by atoms with Gasteiger partial charge in [-0.2, -0.15) is 0 Å². The summed E-state index contributed by atoms with van der Waals surface area (Å²) < 4.78 is 42.5. The van der Waals surface area contributed by atoms with Crippen LogP contribution in [0, 0.1) is 17.6 Å². The first-order chi connectivity index (χ1) is 21.0. The van der Waals surface area contributed by atoms with Gasteiger partial charge in [0.05, 0.1) is 20.1 Å². The second-order valence-corrected chi connectivity index (χ2v) is 11.8. The zero-order valence-electron chi connectivity index (χ0n) is 25.6. The summed E-state index contributed by atoms with van der Waals surface area (Å²) in [5.74, 6) is -3.46. The molecule has 3 aromatic rings. The first-order valence-electron chi connectivity index (χ1n) is 14.8. The number of halogens is 2. The minimum absolute atomic E-state index is 0.00277. The summed E-state index contributed by atoms with van der Waals surface area (Å²) in [5.41, 5.74) is 1.33. The number of aryl methyl sites for hydroxylation is 2. The van der Waals surface area contributed by atoms with Crippen molar-refractivity contribution < 1.29 is 27.8 Å². The van der Waals surface area contributed by atoms with E-state index in [1.165, 1.54) is 28.2 Å². The number of ether oxygens (including phenoxy) is 2. The Morgan fingerprint density at radius 2 is 1.75 bits per heavy atom. The Morgan fingerprint density at radius 3 is 2.41 bits per heavy atom. The number of methoxy groups -OCH3 is 2. The highest BCUT2D eigenvalue weighted by molar-refractivity contribution is 5.98. The Balaban J connectivity index is 1.39. The van der Waals surface area contributed by atoms with E-state index in [1.54, 1.807) is 26.3 Å². The number of fused-ring (bicyclic) bond motifs is 1. The summed E-state index contributed by atoms with van der Waals surface area (Å²) >= 11 is 0. The van der Waals surface area contributed by atoms with Crippen molar-refractivity contribution in [3.8, 4) is 11.5 Å². The standard InChI is InChI=1S/C33H38F2N4O5/c1-6-38-13-7-8-27(31(38)41)39-18-23(29-25(34)15-21(44-5)16-26(29)35)22(30(39)40)17-36-32(42)37-28-12-9-19-14-20(43-4)10-11-24(19)33(28,2)3/h7-8,10-11,13-16,22-23,28H,6,9,12,17-18H2,1-5H3,(H2,36,37,42)/t22?,23-,28?/m1/s1. The number of urea groups is 1. The van der Waals surface area contributed by atoms with E-state index in [2.05, 4.69) is 24.5 Å². The molecule has 2 aliphatic rings. The van der Waals surface area contributed by atoms with Crippen LogP contribution in [-0.2, 0) is 23.2 Å². The average molecular weight is 609 g/mol. The van der Waals surface area contributed by atoms with Crippen LogP contribution in [0.4, 0.5) is 19.3 Å². The van der Waals surface area contributed by atoms with E-state index in [0.29, 0.717) is 13.0 Å². The summed E-state index contributed by atoms with van der Waals surface area (Å²) in [5, 5.41) is 5.83. The number of pyridine rings is 1. The number of carbonyl (C=O) groups is 2. The first kappa shape index (κ1) is 31.0. The van der Waals surface area contributed by atoms with Crippen LogP contribution < -0.4 is 30.6 Å². The molecule has 0 saturated carbocycles. The summed E-state index contributed by atoms with van der Waals surface area (Å²) in [6.45, 7) is 6.00. The third-order valence-electron chi connectivity index (χ3n) is 9.11. The number of nitrogens with one attached hydrogen (secondary N) is 2. The molecule has 0 radical (unpaired) electrons. The molecule has 2 N–H and O–H groups in total. The van der Waals surface area contributed by atoms with Gasteiger partial charge >= 0.3 is 6.03 Å². The molecule has 1 aromatic heterocycles. The highest BCUT2D eigenvalue weighted by Crippen LogP contribution is 2.40. The number of amides is 3. The fraction of sp³-hybridized carbons (Fsp3) is 0.424. The molecule has 1 aliphatic carbocycles. The second kappa shape index (κ2) is 12.3. The van der Waals surface area contributed by atoms with E-state index < -0.39 is 35.4 Å². The molecule has 2 unspecified atom stereocenters. The fourth-order valence-corrected chi connectivity index (χ4v) is 6.58. The zero-order valence-corrected chi connectivity index (χ0v) is 25.6. The normalized spacial score (nSPS) is 20.7. The van der Waals surface area contributed by atoms with E-state index >= 15 is 8.78 Å². The number of benzene rings is 2. The van der Waals surface area contributed by atoms with Crippen LogP contribution >= 0.6 is 0 Å². The Bertz CT molecular complexity index is 1620. The van der Waals surface area contributed by atoms with Gasteiger partial charge in [0.15, 0.2) is 0 Å². The largest absolute Gasteiger partial charge is 0.497 e. The van der Waals surface area contributed by atoms with Gasteiger partial charge in [-0.1, -0.05) is 19.9 Å². The Kier molecular flexibility index (Phi) is 8.67. The number of hydrogen-bond donors (Lipinski definition) is 2. The predicted molar refractivity (Wildman–Crippen MR) is 163 cm³/mol. The molecule has 1 aliphatic heterocycles. The monoisotopic (exact) mass is 608 g/mol. The summed E-state index contributed by atoms with van der Waals surface area (Å²) in [6, 6.07) is 10.5. The molecule has 0 spiro atoms. The minimum atomic E-state index is -1.03. The fourth-order valence-electron chi connectivity index (χ4n) is 6.58. The molecule has 2 aromatic carbocycles. The van der Waals surface area contributed by atoms with Gasteiger partial charge in [0.1, 0.15) is 28.8 Å². The van der Waals surface area contributed by atoms with Crippen LogP contribution in [-0.4, -0.2) is 49.9 Å². The van der Waals surface area contributed by atoms with Crippen molar-refractivity contribution in [3.05, 3.63) is 87.3 Å². The summed E-state index contributed by atoms with van der Waals surface area (Å²) in [4.78, 5) is 41.4. The molecular weight excluding hydrogens is 570 g/mol. The quantitative estimate of drug-likeness (QED) is 0.392. The lowest BCUT2D eigenvalue weighted by molar-refractivity contribution is -0.120. The van der Waals surface area contributed by atoms with Gasteiger partial charge in [-0.25, -0.2) is 13.6 Å². The molecule has 3 amide bonds. The molecule has 2 heterocycles. The number of anilines is 1. The molecular formula is C33H38F2N4O5. The lowest BCUT2D eigenvalue weighted by Crippen LogP contribution is -2.53. The Labute approximate surface area is 255 Å². The maximum Gasteiger partial charge on any atom is 0.315 e. The van der Waals surface area contributed by atoms with Crippen molar-refractivity contribution in [1.29, 1.82) is 0 Å². The van der Waals surface area contributed by atoms with E-state index in [9.17, 15) is 14.4 Å². The van der Waals surface area contributed by atoms with Crippen molar-refractivity contribution in [1.82, 2.24) is 15.2 Å². The third-order valence-corrected chi connectivity index (χ3v) is 9.11. The van der Waals surface area contributed by atoms with Gasteiger partial charge in [-0.05, 0) is 55.2 Å². The summed E-state index contributed by atoms with van der Waals surface area (Å²) in [7, 11) is 2.93. The SMILES string of the molecule is CCn1cccc(N2C[C@@H](c3c(F)cc(OC)cc3F)C(CNC(=O)NC3CCc4cc(OC)ccc4C3(C)C)C2=O)c1=O. The van der Waals surface area contributed by atoms with Crippen LogP contribution in [0.1, 0.15) is 49.8 Å². The van der Waals surface area contributed by atoms with Gasteiger partial charge in [0, 0.05) is 60.9 Å². The van der Waals surface area contributed by atoms with Crippen LogP contribution in [0.2, 0.25) is 0 Å². The van der Waals surface area contributed by atoms with Crippen LogP contribution in [0.3, 0.4) is 0 Å². The molecule has 0 bridgehead atoms. The summed E-state index contributed by atoms with van der Waals surface area (Å²) in [6.07, 6.45) is 3.05. The van der Waals surface area contributed by atoms with Gasteiger partial charge in [0.25, 0.3) is 5.56 Å². The van der Waals surface area contributed by atoms with E-state index in [-0.39, 0.29) is 47.1 Å². The van der Waals surface area contributed by atoms with Crippen molar-refractivity contribution in [3.63, 3.8) is 0 Å². The number of hydrogen-bond acceptors (Lipinski definition) is 5. The van der Waals surface area contributed by atoms with Crippen molar-refractivity contribution >= 4 is 17.6 Å². The third kappa shape index (κ3) is 5.62. The minimum Gasteiger partial charge on any atom is -0.497 e. The average Bonchev–Trinajstić information content (AvgIpc) is 3.31. The van der Waals surface area contributed by atoms with Crippen molar-refractivity contribution in [2.45, 2.75) is 57.5 Å². The number of aromatic nitrogens is 1. The topological polar surface area (TPSA) is 102 Å². The van der Waals surface area contributed by atoms with Crippen LogP contribution in [0.15, 0.2) is 53.5 Å². The lowest BCUT2D eigenvalue weighted by Gasteiger charge is -2.41. The maximum atomic E-state index is 15.3. The maximum absolute atomic E-state index is 15.3. The van der Waals surface area contributed by atoms with Crippen LogP contribution in [0.25, 0.3) is 0 Å². The van der Waals surface area contributed by atoms with E-state index in [4.69, 9.17) is 9.47 Å². The zero-order chi connectivity index (χ0) is 31.8. The number of nitrogens with zero attached hydrogens (tertiary/aromatic N) is 2. The van der Waals surface area contributed by atoms with E-state index in [0.717, 1.165) is 29.9 Å². The van der Waals surface area contributed by atoms with Crippen LogP contribution in [0.5, 0.6) is 11.5 Å². The smallest absolute Gasteiger partial charge is 0.315 e. The number of rotatable bonds is 8. The van der Waals surface area contributed by atoms with Crippen molar-refractivity contribution in [2.24, 2.45) is 5.92 Å².